The Hall–Kier alpha value is -6.00. The number of hydrogen-bond acceptors (Lipinski definition) is 4. The zero-order valence-corrected chi connectivity index (χ0v) is 23.6. The first kappa shape index (κ1) is 24.6. The van der Waals surface area contributed by atoms with Gasteiger partial charge in [0.1, 0.15) is 0 Å². The normalized spacial score (nSPS) is 11.6. The van der Waals surface area contributed by atoms with Crippen molar-refractivity contribution in [2.75, 3.05) is 0 Å². The van der Waals surface area contributed by atoms with E-state index in [9.17, 15) is 0 Å². The average molecular weight is 561 g/mol. The molecule has 3 heterocycles. The smallest absolute Gasteiger partial charge is 0.159 e. The van der Waals surface area contributed by atoms with Crippen molar-refractivity contribution in [2.45, 2.75) is 0 Å². The van der Waals surface area contributed by atoms with Gasteiger partial charge in [-0.05, 0) is 56.1 Å². The molecule has 0 spiro atoms. The number of aromatic nitrogens is 4. The Labute approximate surface area is 253 Å². The summed E-state index contributed by atoms with van der Waals surface area (Å²) in [5, 5.41) is 9.67. The SMILES string of the molecule is c1cnc2c(c1)ccc1ccc(-c3ccc(-c4cnc(-c5ccc6c7ccccc7c7ccccc7c6c5)nc4)cc3)nc12. The number of pyridine rings is 2. The van der Waals surface area contributed by atoms with Crippen molar-refractivity contribution in [1.82, 2.24) is 19.9 Å². The largest absolute Gasteiger partial charge is 0.254 e. The summed E-state index contributed by atoms with van der Waals surface area (Å²) in [6, 6.07) is 44.6. The molecule has 0 aliphatic rings. The molecule has 0 aliphatic carbocycles. The standard InChI is InChI=1S/C40H24N4/c1-2-9-33-31(7-1)32-8-3-4-10-34(32)36-22-29(17-19-35(33)36)40-42-23-30(24-43-40)25-11-13-26(14-12-25)37-20-18-28-16-15-27-6-5-21-41-38(27)39(28)44-37/h1-24H. The molecule has 9 rings (SSSR count). The molecular weight excluding hydrogens is 536 g/mol. The minimum absolute atomic E-state index is 0.714. The van der Waals surface area contributed by atoms with Gasteiger partial charge in [-0.2, -0.15) is 0 Å². The lowest BCUT2D eigenvalue weighted by Gasteiger charge is -2.11. The highest BCUT2D eigenvalue weighted by atomic mass is 14.9. The molecule has 9 aromatic rings. The van der Waals surface area contributed by atoms with Crippen LogP contribution in [0.2, 0.25) is 0 Å². The van der Waals surface area contributed by atoms with E-state index >= 15 is 0 Å². The van der Waals surface area contributed by atoms with Crippen LogP contribution in [0, 0.1) is 0 Å². The Kier molecular flexibility index (Phi) is 5.47. The molecule has 6 aromatic carbocycles. The second kappa shape index (κ2) is 9.79. The lowest BCUT2D eigenvalue weighted by molar-refractivity contribution is 1.18. The van der Waals surface area contributed by atoms with E-state index in [1.54, 1.807) is 0 Å². The minimum Gasteiger partial charge on any atom is -0.254 e. The minimum atomic E-state index is 0.714. The summed E-state index contributed by atoms with van der Waals surface area (Å²) in [5.74, 6) is 0.714. The van der Waals surface area contributed by atoms with Crippen molar-refractivity contribution in [1.29, 1.82) is 0 Å². The zero-order chi connectivity index (χ0) is 29.0. The second-order valence-electron chi connectivity index (χ2n) is 11.1. The molecule has 0 fully saturated rings. The van der Waals surface area contributed by atoms with Gasteiger partial charge in [0.2, 0.25) is 0 Å². The highest BCUT2D eigenvalue weighted by Gasteiger charge is 2.11. The fourth-order valence-corrected chi connectivity index (χ4v) is 6.39. The molecule has 3 aromatic heterocycles. The van der Waals surface area contributed by atoms with Gasteiger partial charge in [-0.15, -0.1) is 0 Å². The Morgan fingerprint density at radius 1 is 0.364 bits per heavy atom. The molecule has 0 saturated carbocycles. The summed E-state index contributed by atoms with van der Waals surface area (Å²) in [7, 11) is 0. The molecule has 4 heteroatoms. The Morgan fingerprint density at radius 2 is 0.932 bits per heavy atom. The van der Waals surface area contributed by atoms with E-state index in [0.29, 0.717) is 5.82 Å². The topological polar surface area (TPSA) is 51.6 Å². The third-order valence-corrected chi connectivity index (χ3v) is 8.60. The van der Waals surface area contributed by atoms with Crippen LogP contribution in [0.15, 0.2) is 146 Å². The van der Waals surface area contributed by atoms with Crippen molar-refractivity contribution in [3.8, 4) is 33.8 Å². The quantitative estimate of drug-likeness (QED) is 0.202. The van der Waals surface area contributed by atoms with Crippen LogP contribution in [0.1, 0.15) is 0 Å². The predicted octanol–water partition coefficient (Wildman–Crippen LogP) is 10.0. The first-order chi connectivity index (χ1) is 21.8. The number of hydrogen-bond donors (Lipinski definition) is 0. The van der Waals surface area contributed by atoms with Gasteiger partial charge in [0, 0.05) is 46.1 Å². The molecule has 0 atom stereocenters. The molecule has 0 saturated heterocycles. The molecule has 0 bridgehead atoms. The summed E-state index contributed by atoms with van der Waals surface area (Å²) >= 11 is 0. The van der Waals surface area contributed by atoms with Crippen LogP contribution in [-0.4, -0.2) is 19.9 Å². The number of nitrogens with zero attached hydrogens (tertiary/aromatic N) is 4. The Bertz CT molecular complexity index is 2500. The number of benzene rings is 6. The summed E-state index contributed by atoms with van der Waals surface area (Å²) in [6.45, 7) is 0. The first-order valence-corrected chi connectivity index (χ1v) is 14.7. The van der Waals surface area contributed by atoms with Crippen LogP contribution in [0.5, 0.6) is 0 Å². The van der Waals surface area contributed by atoms with E-state index in [4.69, 9.17) is 15.0 Å². The van der Waals surface area contributed by atoms with Crippen molar-refractivity contribution in [3.63, 3.8) is 0 Å². The van der Waals surface area contributed by atoms with Crippen molar-refractivity contribution in [3.05, 3.63) is 146 Å². The first-order valence-electron chi connectivity index (χ1n) is 14.7. The van der Waals surface area contributed by atoms with Crippen LogP contribution in [0.3, 0.4) is 0 Å². The van der Waals surface area contributed by atoms with Crippen molar-refractivity contribution >= 4 is 54.1 Å². The third kappa shape index (κ3) is 3.92. The molecule has 0 aliphatic heterocycles. The average Bonchev–Trinajstić information content (AvgIpc) is 3.11. The van der Waals surface area contributed by atoms with Gasteiger partial charge in [-0.3, -0.25) is 4.98 Å². The van der Waals surface area contributed by atoms with Gasteiger partial charge < -0.3 is 0 Å². The van der Waals surface area contributed by atoms with Gasteiger partial charge in [0.15, 0.2) is 5.82 Å². The summed E-state index contributed by atoms with van der Waals surface area (Å²) < 4.78 is 0. The monoisotopic (exact) mass is 560 g/mol. The second-order valence-corrected chi connectivity index (χ2v) is 11.1. The van der Waals surface area contributed by atoms with Crippen LogP contribution < -0.4 is 0 Å². The van der Waals surface area contributed by atoms with E-state index in [1.165, 1.54) is 32.3 Å². The molecule has 4 nitrogen and oxygen atoms in total. The van der Waals surface area contributed by atoms with Gasteiger partial charge >= 0.3 is 0 Å². The molecule has 0 radical (unpaired) electrons. The van der Waals surface area contributed by atoms with E-state index in [2.05, 4.69) is 126 Å². The Balaban J connectivity index is 1.05. The fourth-order valence-electron chi connectivity index (χ4n) is 6.39. The highest BCUT2D eigenvalue weighted by Crippen LogP contribution is 2.36. The molecule has 0 N–H and O–H groups in total. The van der Waals surface area contributed by atoms with Crippen molar-refractivity contribution in [2.24, 2.45) is 0 Å². The van der Waals surface area contributed by atoms with E-state index in [-0.39, 0.29) is 0 Å². The molecular formula is C40H24N4. The molecule has 44 heavy (non-hydrogen) atoms. The van der Waals surface area contributed by atoms with Gasteiger partial charge in [-0.1, -0.05) is 109 Å². The summed E-state index contributed by atoms with van der Waals surface area (Å²) in [4.78, 5) is 19.2. The fraction of sp³-hybridized carbons (Fsp3) is 0. The maximum Gasteiger partial charge on any atom is 0.159 e. The van der Waals surface area contributed by atoms with E-state index in [1.807, 2.05) is 24.7 Å². The third-order valence-electron chi connectivity index (χ3n) is 8.60. The van der Waals surface area contributed by atoms with Crippen LogP contribution in [0.4, 0.5) is 0 Å². The van der Waals surface area contributed by atoms with Gasteiger partial charge in [0.25, 0.3) is 0 Å². The maximum atomic E-state index is 4.99. The van der Waals surface area contributed by atoms with E-state index in [0.717, 1.165) is 49.8 Å². The Morgan fingerprint density at radius 3 is 1.64 bits per heavy atom. The van der Waals surface area contributed by atoms with Gasteiger partial charge in [-0.25, -0.2) is 15.0 Å². The molecule has 204 valence electrons. The van der Waals surface area contributed by atoms with Crippen LogP contribution in [0.25, 0.3) is 87.9 Å². The summed E-state index contributed by atoms with van der Waals surface area (Å²) in [6.07, 6.45) is 5.64. The van der Waals surface area contributed by atoms with E-state index < -0.39 is 0 Å². The predicted molar refractivity (Wildman–Crippen MR) is 181 cm³/mol. The number of rotatable bonds is 3. The lowest BCUT2D eigenvalue weighted by Crippen LogP contribution is -1.91. The number of fused-ring (bicyclic) bond motifs is 9. The van der Waals surface area contributed by atoms with Crippen LogP contribution in [-0.2, 0) is 0 Å². The highest BCUT2D eigenvalue weighted by molar-refractivity contribution is 6.25. The lowest BCUT2D eigenvalue weighted by atomic mass is 9.93. The van der Waals surface area contributed by atoms with Gasteiger partial charge in [0.05, 0.1) is 16.7 Å². The summed E-state index contributed by atoms with van der Waals surface area (Å²) in [5.41, 5.74) is 6.85. The van der Waals surface area contributed by atoms with Crippen LogP contribution >= 0.6 is 0 Å². The molecule has 0 unspecified atom stereocenters. The maximum absolute atomic E-state index is 4.99. The molecule has 0 amide bonds. The van der Waals surface area contributed by atoms with Crippen molar-refractivity contribution < 1.29 is 0 Å². The zero-order valence-electron chi connectivity index (χ0n) is 23.6.